The molecule has 0 bridgehead atoms. The molecular formula is C18H19N. The molecule has 96 valence electrons. The van der Waals surface area contributed by atoms with Gasteiger partial charge in [-0.1, -0.05) is 62.4 Å². The van der Waals surface area contributed by atoms with Crippen LogP contribution >= 0.6 is 0 Å². The standard InChI is InChI=1S/C16H13N.C2H6/c1-12-6-2-4-8-14(12)16-11-10-13-7-3-5-9-15(13)17-16;1-2/h2-11H,1H3;1-2H3. The summed E-state index contributed by atoms with van der Waals surface area (Å²) >= 11 is 0. The van der Waals surface area contributed by atoms with Gasteiger partial charge in [-0.2, -0.15) is 0 Å². The third-order valence-electron chi connectivity index (χ3n) is 3.02. The lowest BCUT2D eigenvalue weighted by molar-refractivity contribution is 1.36. The number of hydrogen-bond donors (Lipinski definition) is 0. The van der Waals surface area contributed by atoms with Gasteiger partial charge in [0.2, 0.25) is 0 Å². The number of aryl methyl sites for hydroxylation is 1. The molecule has 3 rings (SSSR count). The first kappa shape index (κ1) is 13.3. The zero-order chi connectivity index (χ0) is 13.7. The molecular weight excluding hydrogens is 230 g/mol. The Hall–Kier alpha value is -2.15. The normalized spacial score (nSPS) is 9.84. The minimum absolute atomic E-state index is 1.04. The Morgan fingerprint density at radius 1 is 0.737 bits per heavy atom. The van der Waals surface area contributed by atoms with Crippen molar-refractivity contribution in [1.82, 2.24) is 4.98 Å². The summed E-state index contributed by atoms with van der Waals surface area (Å²) in [6, 6.07) is 20.8. The number of benzene rings is 2. The molecule has 0 atom stereocenters. The van der Waals surface area contributed by atoms with Crippen molar-refractivity contribution in [2.45, 2.75) is 20.8 Å². The molecule has 0 saturated carbocycles. The average Bonchev–Trinajstić information content (AvgIpc) is 2.49. The molecule has 1 aromatic heterocycles. The summed E-state index contributed by atoms with van der Waals surface area (Å²) in [6.07, 6.45) is 0. The minimum Gasteiger partial charge on any atom is -0.248 e. The van der Waals surface area contributed by atoms with Gasteiger partial charge in [0.25, 0.3) is 0 Å². The van der Waals surface area contributed by atoms with Gasteiger partial charge < -0.3 is 0 Å². The first-order valence-electron chi connectivity index (χ1n) is 6.76. The predicted molar refractivity (Wildman–Crippen MR) is 83.3 cm³/mol. The van der Waals surface area contributed by atoms with Crippen molar-refractivity contribution < 1.29 is 0 Å². The van der Waals surface area contributed by atoms with E-state index in [9.17, 15) is 0 Å². The molecule has 0 N–H and O–H groups in total. The third-order valence-corrected chi connectivity index (χ3v) is 3.02. The Morgan fingerprint density at radius 2 is 1.42 bits per heavy atom. The molecule has 0 radical (unpaired) electrons. The van der Waals surface area contributed by atoms with Gasteiger partial charge in [-0.3, -0.25) is 0 Å². The Kier molecular flexibility index (Phi) is 4.30. The van der Waals surface area contributed by atoms with Gasteiger partial charge in [0, 0.05) is 10.9 Å². The van der Waals surface area contributed by atoms with E-state index in [-0.39, 0.29) is 0 Å². The fourth-order valence-corrected chi connectivity index (χ4v) is 2.08. The van der Waals surface area contributed by atoms with Crippen LogP contribution in [-0.2, 0) is 0 Å². The maximum atomic E-state index is 4.71. The second kappa shape index (κ2) is 6.14. The smallest absolute Gasteiger partial charge is 0.0712 e. The highest BCUT2D eigenvalue weighted by atomic mass is 14.7. The summed E-state index contributed by atoms with van der Waals surface area (Å²) < 4.78 is 0. The first-order valence-corrected chi connectivity index (χ1v) is 6.76. The fourth-order valence-electron chi connectivity index (χ4n) is 2.08. The van der Waals surface area contributed by atoms with Crippen molar-refractivity contribution in [2.75, 3.05) is 0 Å². The Morgan fingerprint density at radius 3 is 2.21 bits per heavy atom. The highest BCUT2D eigenvalue weighted by Crippen LogP contribution is 2.23. The molecule has 0 aliphatic rings. The fraction of sp³-hybridized carbons (Fsp3) is 0.167. The van der Waals surface area contributed by atoms with E-state index in [1.807, 2.05) is 26.0 Å². The van der Waals surface area contributed by atoms with E-state index in [1.54, 1.807) is 0 Å². The number of hydrogen-bond acceptors (Lipinski definition) is 1. The van der Waals surface area contributed by atoms with E-state index >= 15 is 0 Å². The number of aromatic nitrogens is 1. The number of nitrogens with zero attached hydrogens (tertiary/aromatic N) is 1. The molecule has 0 fully saturated rings. The van der Waals surface area contributed by atoms with Crippen molar-refractivity contribution in [2.24, 2.45) is 0 Å². The lowest BCUT2D eigenvalue weighted by Crippen LogP contribution is -1.87. The zero-order valence-corrected chi connectivity index (χ0v) is 11.7. The molecule has 1 heterocycles. The van der Waals surface area contributed by atoms with Crippen LogP contribution in [-0.4, -0.2) is 4.98 Å². The number of para-hydroxylation sites is 1. The van der Waals surface area contributed by atoms with Crippen molar-refractivity contribution in [3.05, 3.63) is 66.2 Å². The van der Waals surface area contributed by atoms with E-state index in [2.05, 4.69) is 55.5 Å². The number of rotatable bonds is 1. The van der Waals surface area contributed by atoms with Crippen LogP contribution in [0.4, 0.5) is 0 Å². The van der Waals surface area contributed by atoms with E-state index in [4.69, 9.17) is 4.98 Å². The largest absolute Gasteiger partial charge is 0.248 e. The van der Waals surface area contributed by atoms with Gasteiger partial charge in [0.15, 0.2) is 0 Å². The van der Waals surface area contributed by atoms with E-state index < -0.39 is 0 Å². The molecule has 0 amide bonds. The first-order chi connectivity index (χ1) is 9.34. The molecule has 2 aromatic carbocycles. The second-order valence-corrected chi connectivity index (χ2v) is 4.20. The van der Waals surface area contributed by atoms with Crippen molar-refractivity contribution in [1.29, 1.82) is 0 Å². The summed E-state index contributed by atoms with van der Waals surface area (Å²) in [4.78, 5) is 4.71. The summed E-state index contributed by atoms with van der Waals surface area (Å²) in [5.41, 5.74) is 4.56. The zero-order valence-electron chi connectivity index (χ0n) is 11.7. The van der Waals surface area contributed by atoms with E-state index in [1.165, 1.54) is 16.5 Å². The molecule has 19 heavy (non-hydrogen) atoms. The van der Waals surface area contributed by atoms with Gasteiger partial charge in [0.05, 0.1) is 11.2 Å². The maximum Gasteiger partial charge on any atom is 0.0712 e. The Bertz CT molecular complexity index is 671. The van der Waals surface area contributed by atoms with E-state index in [0.29, 0.717) is 0 Å². The van der Waals surface area contributed by atoms with Crippen LogP contribution in [0, 0.1) is 6.92 Å². The summed E-state index contributed by atoms with van der Waals surface area (Å²) in [5.74, 6) is 0. The van der Waals surface area contributed by atoms with Gasteiger partial charge in [-0.15, -0.1) is 0 Å². The monoisotopic (exact) mass is 249 g/mol. The number of pyridine rings is 1. The van der Waals surface area contributed by atoms with Crippen LogP contribution < -0.4 is 0 Å². The van der Waals surface area contributed by atoms with Crippen molar-refractivity contribution >= 4 is 10.9 Å². The molecule has 0 aliphatic carbocycles. The molecule has 0 aliphatic heterocycles. The van der Waals surface area contributed by atoms with Gasteiger partial charge >= 0.3 is 0 Å². The third kappa shape index (κ3) is 2.82. The Balaban J connectivity index is 0.000000637. The van der Waals surface area contributed by atoms with Crippen molar-refractivity contribution in [3.8, 4) is 11.3 Å². The average molecular weight is 249 g/mol. The minimum atomic E-state index is 1.04. The molecule has 1 nitrogen and oxygen atoms in total. The highest BCUT2D eigenvalue weighted by Gasteiger charge is 2.03. The van der Waals surface area contributed by atoms with Gasteiger partial charge in [-0.25, -0.2) is 4.98 Å². The topological polar surface area (TPSA) is 12.9 Å². The highest BCUT2D eigenvalue weighted by molar-refractivity contribution is 5.81. The number of fused-ring (bicyclic) bond motifs is 1. The summed E-state index contributed by atoms with van der Waals surface area (Å²) in [6.45, 7) is 6.12. The SMILES string of the molecule is CC.Cc1ccccc1-c1ccc2ccccc2n1. The molecule has 0 unspecified atom stereocenters. The van der Waals surface area contributed by atoms with Crippen LogP contribution in [0.3, 0.4) is 0 Å². The molecule has 0 saturated heterocycles. The predicted octanol–water partition coefficient (Wildman–Crippen LogP) is 5.24. The summed E-state index contributed by atoms with van der Waals surface area (Å²) in [7, 11) is 0. The molecule has 0 spiro atoms. The summed E-state index contributed by atoms with van der Waals surface area (Å²) in [5, 5.41) is 1.19. The van der Waals surface area contributed by atoms with Crippen LogP contribution in [0.15, 0.2) is 60.7 Å². The van der Waals surface area contributed by atoms with Gasteiger partial charge in [0.1, 0.15) is 0 Å². The van der Waals surface area contributed by atoms with Crippen molar-refractivity contribution in [3.63, 3.8) is 0 Å². The lowest BCUT2D eigenvalue weighted by atomic mass is 10.0. The van der Waals surface area contributed by atoms with E-state index in [0.717, 1.165) is 11.2 Å². The second-order valence-electron chi connectivity index (χ2n) is 4.20. The quantitative estimate of drug-likeness (QED) is 0.575. The van der Waals surface area contributed by atoms with Crippen LogP contribution in [0.1, 0.15) is 19.4 Å². The van der Waals surface area contributed by atoms with Crippen LogP contribution in [0.2, 0.25) is 0 Å². The Labute approximate surface area is 114 Å². The maximum absolute atomic E-state index is 4.71. The molecule has 1 heteroatoms. The van der Waals surface area contributed by atoms with Crippen LogP contribution in [0.25, 0.3) is 22.2 Å². The van der Waals surface area contributed by atoms with Gasteiger partial charge in [-0.05, 0) is 24.6 Å². The lowest BCUT2D eigenvalue weighted by Gasteiger charge is -2.06. The molecule has 3 aromatic rings. The van der Waals surface area contributed by atoms with Crippen LogP contribution in [0.5, 0.6) is 0 Å².